The minimum absolute atomic E-state index is 0.639. The highest BCUT2D eigenvalue weighted by Gasteiger charge is 1.67. The number of unbranched alkanes of at least 4 members (excludes halogenated alkanes) is 2. The number of carbonyl (C=O) groups is 3. The highest BCUT2D eigenvalue weighted by atomic mass is 16.1. The smallest absolute Gasteiger partial charge is 0.119 e. The molecule has 0 saturated carbocycles. The molecule has 0 saturated heterocycles. The summed E-state index contributed by atoms with van der Waals surface area (Å²) in [6, 6.07) is 0. The molecule has 0 amide bonds. The van der Waals surface area contributed by atoms with Crippen molar-refractivity contribution in [2.75, 3.05) is 0 Å². The predicted molar refractivity (Wildman–Crippen MR) is 74.3 cm³/mol. The number of rotatable bonds is 5. The second kappa shape index (κ2) is 45.9. The van der Waals surface area contributed by atoms with E-state index in [0.29, 0.717) is 19.3 Å². The molecule has 104 valence electrons. The normalized spacial score (nSPS) is 6.88. The molecule has 0 spiro atoms. The SMILES string of the molecule is CCC.CCC=O.CCCC=O.CCCC=O. The summed E-state index contributed by atoms with van der Waals surface area (Å²) in [6.45, 7) is 10.0. The van der Waals surface area contributed by atoms with Crippen molar-refractivity contribution in [1.82, 2.24) is 0 Å². The van der Waals surface area contributed by atoms with E-state index in [1.807, 2.05) is 20.8 Å². The van der Waals surface area contributed by atoms with Crippen LogP contribution in [0.1, 0.15) is 73.1 Å². The Morgan fingerprint density at radius 2 is 0.882 bits per heavy atom. The average Bonchev–Trinajstić information content (AvgIpc) is 2.33. The van der Waals surface area contributed by atoms with Crippen LogP contribution >= 0.6 is 0 Å². The first-order valence-corrected chi connectivity index (χ1v) is 6.47. The van der Waals surface area contributed by atoms with Gasteiger partial charge in [-0.2, -0.15) is 0 Å². The molecule has 0 fully saturated rings. The van der Waals surface area contributed by atoms with Gasteiger partial charge in [0.05, 0.1) is 0 Å². The van der Waals surface area contributed by atoms with Gasteiger partial charge < -0.3 is 14.4 Å². The summed E-state index contributed by atoms with van der Waals surface area (Å²) in [5.41, 5.74) is 0. The molecular formula is C14H30O3. The summed E-state index contributed by atoms with van der Waals surface area (Å²) >= 11 is 0. The van der Waals surface area contributed by atoms with Crippen molar-refractivity contribution < 1.29 is 14.4 Å². The Balaban J connectivity index is -0.0000000676. The molecule has 0 unspecified atom stereocenters. The van der Waals surface area contributed by atoms with Crippen molar-refractivity contribution in [1.29, 1.82) is 0 Å². The van der Waals surface area contributed by atoms with Crippen LogP contribution in [0.3, 0.4) is 0 Å². The summed E-state index contributed by atoms with van der Waals surface area (Å²) in [5.74, 6) is 0. The molecule has 0 heterocycles. The number of hydrogen-bond donors (Lipinski definition) is 0. The number of carbonyl (C=O) groups excluding carboxylic acids is 3. The zero-order chi connectivity index (χ0) is 14.4. The first-order chi connectivity index (χ1) is 8.16. The molecule has 0 aliphatic rings. The van der Waals surface area contributed by atoms with Crippen molar-refractivity contribution in [2.45, 2.75) is 73.1 Å². The molecule has 3 heteroatoms. The maximum Gasteiger partial charge on any atom is 0.119 e. The van der Waals surface area contributed by atoms with E-state index < -0.39 is 0 Å². The van der Waals surface area contributed by atoms with E-state index in [1.165, 1.54) is 6.42 Å². The Kier molecular flexibility index (Phi) is 67.5. The Labute approximate surface area is 107 Å². The Hall–Kier alpha value is -0.990. The third kappa shape index (κ3) is 158. The molecule has 0 bridgehead atoms. The fourth-order valence-electron chi connectivity index (χ4n) is 0.236. The summed E-state index contributed by atoms with van der Waals surface area (Å²) in [7, 11) is 0. The van der Waals surface area contributed by atoms with Gasteiger partial charge >= 0.3 is 0 Å². The van der Waals surface area contributed by atoms with Crippen LogP contribution < -0.4 is 0 Å². The summed E-state index contributed by atoms with van der Waals surface area (Å²) in [6.07, 6.45) is 7.99. The lowest BCUT2D eigenvalue weighted by Gasteiger charge is -1.68. The van der Waals surface area contributed by atoms with Gasteiger partial charge in [0.25, 0.3) is 0 Å². The molecule has 17 heavy (non-hydrogen) atoms. The third-order valence-corrected chi connectivity index (χ3v) is 0.980. The lowest BCUT2D eigenvalue weighted by molar-refractivity contribution is -0.108. The minimum Gasteiger partial charge on any atom is -0.303 e. The van der Waals surface area contributed by atoms with E-state index in [9.17, 15) is 14.4 Å². The molecule has 3 nitrogen and oxygen atoms in total. The molecule has 0 aliphatic heterocycles. The van der Waals surface area contributed by atoms with Crippen LogP contribution in [0.15, 0.2) is 0 Å². The maximum atomic E-state index is 9.40. The second-order valence-electron chi connectivity index (χ2n) is 3.19. The van der Waals surface area contributed by atoms with Crippen molar-refractivity contribution in [3.05, 3.63) is 0 Å². The van der Waals surface area contributed by atoms with Crippen molar-refractivity contribution in [3.8, 4) is 0 Å². The monoisotopic (exact) mass is 246 g/mol. The fraction of sp³-hybridized carbons (Fsp3) is 0.786. The lowest BCUT2D eigenvalue weighted by Crippen LogP contribution is -1.64. The maximum absolute atomic E-state index is 9.40. The van der Waals surface area contributed by atoms with E-state index >= 15 is 0 Å². The molecule has 0 aliphatic carbocycles. The Bertz CT molecular complexity index is 113. The van der Waals surface area contributed by atoms with E-state index in [4.69, 9.17) is 0 Å². The van der Waals surface area contributed by atoms with Gasteiger partial charge in [0, 0.05) is 19.3 Å². The van der Waals surface area contributed by atoms with Gasteiger partial charge in [0.1, 0.15) is 18.9 Å². The topological polar surface area (TPSA) is 51.2 Å². The highest BCUT2D eigenvalue weighted by molar-refractivity contribution is 5.49. The van der Waals surface area contributed by atoms with Crippen molar-refractivity contribution >= 4 is 18.9 Å². The van der Waals surface area contributed by atoms with Gasteiger partial charge in [-0.15, -0.1) is 0 Å². The van der Waals surface area contributed by atoms with E-state index in [1.54, 1.807) is 0 Å². The Morgan fingerprint density at radius 1 is 0.647 bits per heavy atom. The van der Waals surface area contributed by atoms with Crippen LogP contribution in [0.25, 0.3) is 0 Å². The highest BCUT2D eigenvalue weighted by Crippen LogP contribution is 1.75. The van der Waals surface area contributed by atoms with E-state index in [0.717, 1.165) is 31.7 Å². The summed E-state index contributed by atoms with van der Waals surface area (Å²) in [5, 5.41) is 0. The summed E-state index contributed by atoms with van der Waals surface area (Å²) in [4.78, 5) is 28.0. The average molecular weight is 246 g/mol. The quantitative estimate of drug-likeness (QED) is 0.689. The van der Waals surface area contributed by atoms with Gasteiger partial charge in [-0.05, 0) is 12.8 Å². The predicted octanol–water partition coefficient (Wildman–Crippen LogP) is 3.98. The van der Waals surface area contributed by atoms with Gasteiger partial charge in [-0.1, -0.05) is 41.0 Å². The van der Waals surface area contributed by atoms with Crippen LogP contribution in [0.4, 0.5) is 0 Å². The minimum atomic E-state index is 0.639. The molecule has 0 N–H and O–H groups in total. The van der Waals surface area contributed by atoms with Crippen LogP contribution in [-0.4, -0.2) is 18.9 Å². The van der Waals surface area contributed by atoms with Crippen molar-refractivity contribution in [2.24, 2.45) is 0 Å². The van der Waals surface area contributed by atoms with Gasteiger partial charge in [-0.25, -0.2) is 0 Å². The van der Waals surface area contributed by atoms with Gasteiger partial charge in [0.2, 0.25) is 0 Å². The van der Waals surface area contributed by atoms with Crippen LogP contribution in [0.5, 0.6) is 0 Å². The van der Waals surface area contributed by atoms with E-state index in [-0.39, 0.29) is 0 Å². The zero-order valence-electron chi connectivity index (χ0n) is 12.2. The van der Waals surface area contributed by atoms with Crippen molar-refractivity contribution in [3.63, 3.8) is 0 Å². The van der Waals surface area contributed by atoms with Crippen LogP contribution in [0, 0.1) is 0 Å². The van der Waals surface area contributed by atoms with Crippen LogP contribution in [-0.2, 0) is 14.4 Å². The molecule has 0 radical (unpaired) electrons. The third-order valence-electron chi connectivity index (χ3n) is 0.980. The molecule has 0 atom stereocenters. The molecular weight excluding hydrogens is 216 g/mol. The first kappa shape index (κ1) is 25.0. The lowest BCUT2D eigenvalue weighted by atomic mass is 10.4. The molecule has 0 aromatic heterocycles. The largest absolute Gasteiger partial charge is 0.303 e. The fourth-order valence-corrected chi connectivity index (χ4v) is 0.236. The number of hydrogen-bond acceptors (Lipinski definition) is 3. The molecule has 0 aromatic rings. The van der Waals surface area contributed by atoms with E-state index in [2.05, 4.69) is 13.8 Å². The van der Waals surface area contributed by atoms with Gasteiger partial charge in [-0.3, -0.25) is 0 Å². The Morgan fingerprint density at radius 3 is 0.882 bits per heavy atom. The van der Waals surface area contributed by atoms with Crippen LogP contribution in [0.2, 0.25) is 0 Å². The molecule has 0 aromatic carbocycles. The van der Waals surface area contributed by atoms with Gasteiger partial charge in [0.15, 0.2) is 0 Å². The number of aldehydes is 3. The zero-order valence-corrected chi connectivity index (χ0v) is 12.2. The first-order valence-electron chi connectivity index (χ1n) is 6.47. The second-order valence-corrected chi connectivity index (χ2v) is 3.19. The molecule has 0 rings (SSSR count). The summed E-state index contributed by atoms with van der Waals surface area (Å²) < 4.78 is 0. The standard InChI is InChI=1S/2C4H8O.C3H6O.C3H8/c2*1-2-3-4-5;1-2-3-4;1-3-2/h2*4H,2-3H2,1H3;3H,2H2,1H3;3H2,1-2H3.